The average Bonchev–Trinajstić information content (AvgIpc) is 2.77. The lowest BCUT2D eigenvalue weighted by atomic mass is 9.96. The van der Waals surface area contributed by atoms with Crippen LogP contribution in [-0.2, 0) is 11.2 Å². The molecule has 1 fully saturated rings. The number of unbranched alkanes of at least 4 members (excludes halogenated alkanes) is 1. The molecule has 0 unspecified atom stereocenters. The van der Waals surface area contributed by atoms with Crippen LogP contribution in [0, 0.1) is 5.92 Å². The minimum Gasteiger partial charge on any atom is -0.369 e. The number of carbonyl (C=O) groups is 1. The van der Waals surface area contributed by atoms with Crippen LogP contribution < -0.4 is 16.4 Å². The molecule has 0 atom stereocenters. The van der Waals surface area contributed by atoms with E-state index in [1.165, 1.54) is 11.1 Å². The largest absolute Gasteiger partial charge is 0.369 e. The highest BCUT2D eigenvalue weighted by Crippen LogP contribution is 2.17. The van der Waals surface area contributed by atoms with Gasteiger partial charge in [-0.05, 0) is 82.1 Å². The van der Waals surface area contributed by atoms with Gasteiger partial charge in [0.25, 0.3) is 0 Å². The summed E-state index contributed by atoms with van der Waals surface area (Å²) in [5, 5.41) is 6.80. The van der Waals surface area contributed by atoms with Gasteiger partial charge in [-0.3, -0.25) is 9.79 Å². The van der Waals surface area contributed by atoms with Gasteiger partial charge in [0, 0.05) is 25.6 Å². The van der Waals surface area contributed by atoms with Gasteiger partial charge in [-0.15, -0.1) is 0 Å². The summed E-state index contributed by atoms with van der Waals surface area (Å²) in [5.41, 5.74) is 8.20. The van der Waals surface area contributed by atoms with Crippen molar-refractivity contribution in [1.82, 2.24) is 15.5 Å². The van der Waals surface area contributed by atoms with Crippen LogP contribution in [0.1, 0.15) is 69.9 Å². The smallest absolute Gasteiger partial charge is 0.220 e. The minimum absolute atomic E-state index is 0.0798. The second-order valence-corrected chi connectivity index (χ2v) is 8.91. The molecule has 1 amide bonds. The van der Waals surface area contributed by atoms with Gasteiger partial charge in [-0.1, -0.05) is 38.1 Å². The number of rotatable bonds is 12. The third kappa shape index (κ3) is 9.72. The number of nitrogens with two attached hydrogens (primary N) is 1. The SMILES string of the molecule is CCNC(=NCCCc1ccc(C(C)C)cc1)NCCCCN1CCC(C(N)=O)CC1. The third-order valence-electron chi connectivity index (χ3n) is 6.07. The maximum atomic E-state index is 11.3. The first-order valence-corrected chi connectivity index (χ1v) is 12.1. The Morgan fingerprint density at radius 2 is 1.84 bits per heavy atom. The number of hydrogen-bond donors (Lipinski definition) is 3. The Morgan fingerprint density at radius 1 is 1.13 bits per heavy atom. The number of guanidine groups is 1. The van der Waals surface area contributed by atoms with Gasteiger partial charge in [-0.2, -0.15) is 0 Å². The van der Waals surface area contributed by atoms with E-state index in [0.717, 1.165) is 83.8 Å². The zero-order chi connectivity index (χ0) is 22.5. The van der Waals surface area contributed by atoms with Crippen molar-refractivity contribution >= 4 is 11.9 Å². The molecule has 6 nitrogen and oxygen atoms in total. The molecule has 0 aliphatic carbocycles. The standard InChI is InChI=1S/C25H43N5O/c1-4-27-25(29-16-7-8-21-9-11-22(12-10-21)20(2)3)28-15-5-6-17-30-18-13-23(14-19-30)24(26)31/h9-12,20,23H,4-8,13-19H2,1-3H3,(H2,26,31)(H2,27,28,29). The summed E-state index contributed by atoms with van der Waals surface area (Å²) >= 11 is 0. The van der Waals surface area contributed by atoms with Crippen molar-refractivity contribution in [2.24, 2.45) is 16.6 Å². The molecule has 0 aromatic heterocycles. The molecule has 6 heteroatoms. The van der Waals surface area contributed by atoms with Gasteiger partial charge in [-0.25, -0.2) is 0 Å². The van der Waals surface area contributed by atoms with Crippen molar-refractivity contribution in [3.05, 3.63) is 35.4 Å². The average molecular weight is 430 g/mol. The van der Waals surface area contributed by atoms with Gasteiger partial charge < -0.3 is 21.3 Å². The third-order valence-corrected chi connectivity index (χ3v) is 6.07. The van der Waals surface area contributed by atoms with Crippen LogP contribution >= 0.6 is 0 Å². The van der Waals surface area contributed by atoms with Crippen molar-refractivity contribution in [2.45, 2.75) is 65.2 Å². The summed E-state index contributed by atoms with van der Waals surface area (Å²) in [7, 11) is 0. The number of nitrogens with zero attached hydrogens (tertiary/aromatic N) is 2. The summed E-state index contributed by atoms with van der Waals surface area (Å²) in [4.78, 5) is 18.4. The van der Waals surface area contributed by atoms with Crippen LogP contribution in [-0.4, -0.2) is 56.0 Å². The molecule has 1 aliphatic rings. The lowest BCUT2D eigenvalue weighted by molar-refractivity contribution is -0.123. The predicted molar refractivity (Wildman–Crippen MR) is 130 cm³/mol. The van der Waals surface area contributed by atoms with Crippen LogP contribution in [0.3, 0.4) is 0 Å². The molecule has 1 aromatic carbocycles. The zero-order valence-corrected chi connectivity index (χ0v) is 19.8. The topological polar surface area (TPSA) is 82.8 Å². The van der Waals surface area contributed by atoms with Crippen molar-refractivity contribution in [1.29, 1.82) is 0 Å². The molecule has 1 aromatic rings. The number of primary amides is 1. The lowest BCUT2D eigenvalue weighted by Crippen LogP contribution is -2.39. The summed E-state index contributed by atoms with van der Waals surface area (Å²) in [6.07, 6.45) is 6.20. The predicted octanol–water partition coefficient (Wildman–Crippen LogP) is 3.28. The van der Waals surface area contributed by atoms with Gasteiger partial charge >= 0.3 is 0 Å². The Balaban J connectivity index is 1.59. The second-order valence-electron chi connectivity index (χ2n) is 8.91. The van der Waals surface area contributed by atoms with Crippen LogP contribution in [0.25, 0.3) is 0 Å². The molecule has 1 saturated heterocycles. The highest BCUT2D eigenvalue weighted by molar-refractivity contribution is 5.79. The van der Waals surface area contributed by atoms with Gasteiger partial charge in [0.1, 0.15) is 0 Å². The van der Waals surface area contributed by atoms with Crippen molar-refractivity contribution in [2.75, 3.05) is 39.3 Å². The minimum atomic E-state index is -0.136. The Bertz CT molecular complexity index is 663. The van der Waals surface area contributed by atoms with Crippen molar-refractivity contribution in [3.63, 3.8) is 0 Å². The normalized spacial score (nSPS) is 15.9. The summed E-state index contributed by atoms with van der Waals surface area (Å²) in [6, 6.07) is 8.99. The molecule has 0 saturated carbocycles. The number of benzene rings is 1. The number of likely N-dealkylation sites (tertiary alicyclic amines) is 1. The van der Waals surface area contributed by atoms with E-state index in [1.54, 1.807) is 0 Å². The zero-order valence-electron chi connectivity index (χ0n) is 19.8. The Labute approximate surface area is 189 Å². The van der Waals surface area contributed by atoms with Crippen molar-refractivity contribution < 1.29 is 4.79 Å². The lowest BCUT2D eigenvalue weighted by Gasteiger charge is -2.30. The summed E-state index contributed by atoms with van der Waals surface area (Å²) in [5.74, 6) is 1.45. The molecular weight excluding hydrogens is 386 g/mol. The van der Waals surface area contributed by atoms with E-state index in [9.17, 15) is 4.79 Å². The van der Waals surface area contributed by atoms with E-state index in [-0.39, 0.29) is 11.8 Å². The van der Waals surface area contributed by atoms with E-state index in [0.29, 0.717) is 5.92 Å². The molecule has 0 radical (unpaired) electrons. The van der Waals surface area contributed by atoms with E-state index in [2.05, 4.69) is 60.6 Å². The molecule has 0 bridgehead atoms. The Hall–Kier alpha value is -2.08. The number of amides is 1. The Morgan fingerprint density at radius 3 is 2.45 bits per heavy atom. The fraction of sp³-hybridized carbons (Fsp3) is 0.680. The van der Waals surface area contributed by atoms with Gasteiger partial charge in [0.2, 0.25) is 5.91 Å². The number of carbonyl (C=O) groups excluding carboxylic acids is 1. The van der Waals surface area contributed by atoms with E-state index in [4.69, 9.17) is 10.7 Å². The highest BCUT2D eigenvalue weighted by Gasteiger charge is 2.22. The van der Waals surface area contributed by atoms with Crippen LogP contribution in [0.5, 0.6) is 0 Å². The van der Waals surface area contributed by atoms with Crippen molar-refractivity contribution in [3.8, 4) is 0 Å². The maximum absolute atomic E-state index is 11.3. The van der Waals surface area contributed by atoms with Crippen LogP contribution in [0.15, 0.2) is 29.3 Å². The van der Waals surface area contributed by atoms with E-state index in [1.807, 2.05) is 0 Å². The number of hydrogen-bond acceptors (Lipinski definition) is 3. The molecular formula is C25H43N5O. The second kappa shape index (κ2) is 14.1. The Kier molecular flexibility index (Phi) is 11.4. The molecule has 4 N–H and O–H groups in total. The summed E-state index contributed by atoms with van der Waals surface area (Å²) < 4.78 is 0. The summed E-state index contributed by atoms with van der Waals surface area (Å²) in [6.45, 7) is 12.3. The number of aryl methyl sites for hydroxylation is 1. The monoisotopic (exact) mass is 429 g/mol. The van der Waals surface area contributed by atoms with E-state index < -0.39 is 0 Å². The molecule has 1 heterocycles. The maximum Gasteiger partial charge on any atom is 0.220 e. The molecule has 31 heavy (non-hydrogen) atoms. The fourth-order valence-corrected chi connectivity index (χ4v) is 3.99. The van der Waals surface area contributed by atoms with Gasteiger partial charge in [0.05, 0.1) is 0 Å². The van der Waals surface area contributed by atoms with Gasteiger partial charge in [0.15, 0.2) is 5.96 Å². The van der Waals surface area contributed by atoms with Crippen LogP contribution in [0.2, 0.25) is 0 Å². The number of piperidine rings is 1. The quantitative estimate of drug-likeness (QED) is 0.271. The van der Waals surface area contributed by atoms with E-state index >= 15 is 0 Å². The molecule has 174 valence electrons. The first kappa shape index (κ1) is 25.2. The molecule has 0 spiro atoms. The first-order chi connectivity index (χ1) is 15.0. The molecule has 2 rings (SSSR count). The van der Waals surface area contributed by atoms with Crippen LogP contribution in [0.4, 0.5) is 0 Å². The molecule has 1 aliphatic heterocycles. The number of nitrogens with one attached hydrogen (secondary N) is 2. The highest BCUT2D eigenvalue weighted by atomic mass is 16.1. The first-order valence-electron chi connectivity index (χ1n) is 12.1. The fourth-order valence-electron chi connectivity index (χ4n) is 3.99. The number of aliphatic imine (C=N–C) groups is 1.